The third-order valence-corrected chi connectivity index (χ3v) is 5.36. The maximum Gasteiger partial charge on any atom is 0.254 e. The molecular weight excluding hydrogens is 344 g/mol. The third kappa shape index (κ3) is 3.27. The van der Waals surface area contributed by atoms with E-state index in [2.05, 4.69) is 28.0 Å². The van der Waals surface area contributed by atoms with Crippen molar-refractivity contribution in [2.24, 2.45) is 5.92 Å². The number of amides is 2. The van der Waals surface area contributed by atoms with Crippen molar-refractivity contribution in [3.63, 3.8) is 0 Å². The van der Waals surface area contributed by atoms with E-state index in [1.54, 1.807) is 16.8 Å². The van der Waals surface area contributed by atoms with Crippen LogP contribution in [-0.4, -0.2) is 38.5 Å². The van der Waals surface area contributed by atoms with Crippen LogP contribution in [0.15, 0.2) is 17.8 Å². The molecule has 0 radical (unpaired) electrons. The van der Waals surface area contributed by atoms with Crippen LogP contribution >= 0.6 is 0 Å². The lowest BCUT2D eigenvalue weighted by atomic mass is 10.1. The number of fused-ring (bicyclic) bond motifs is 1. The quantitative estimate of drug-likeness (QED) is 0.534. The number of carbonyl (C=O) groups excluding carboxylic acids is 2. The van der Waals surface area contributed by atoms with Crippen LogP contribution in [0.25, 0.3) is 11.7 Å². The Hall–Kier alpha value is -2.90. The average molecular weight is 366 g/mol. The number of nitrogens with one attached hydrogen (secondary N) is 3. The molecule has 140 valence electrons. The van der Waals surface area contributed by atoms with Gasteiger partial charge in [-0.05, 0) is 44.6 Å². The largest absolute Gasteiger partial charge is 0.367 e. The fourth-order valence-electron chi connectivity index (χ4n) is 3.45. The van der Waals surface area contributed by atoms with Crippen LogP contribution in [0.4, 0.5) is 11.6 Å². The standard InChI is InChI=1S/C19H22N6O2/c1-10(11-2-3-11)21-15-8-16(22-14-4-5-14)25-18(23-15)13(9-20-25)6-12-7-17(26)24-19(12)27/h6,8-11,14,22H,2-5,7H2,1H3,(H,21,23)(H,24,26,27)/b12-6+/t10-/m1/s1. The van der Waals surface area contributed by atoms with Gasteiger partial charge in [0.25, 0.3) is 5.91 Å². The normalized spacial score (nSPS) is 22.3. The highest BCUT2D eigenvalue weighted by Gasteiger charge is 2.29. The van der Waals surface area contributed by atoms with Crippen molar-refractivity contribution < 1.29 is 9.59 Å². The summed E-state index contributed by atoms with van der Waals surface area (Å²) in [6, 6.07) is 2.85. The lowest BCUT2D eigenvalue weighted by Crippen LogP contribution is -2.19. The number of hydrogen-bond donors (Lipinski definition) is 3. The van der Waals surface area contributed by atoms with Gasteiger partial charge in [0, 0.05) is 29.3 Å². The summed E-state index contributed by atoms with van der Waals surface area (Å²) >= 11 is 0. The molecule has 2 amide bonds. The van der Waals surface area contributed by atoms with E-state index in [9.17, 15) is 9.59 Å². The fourth-order valence-corrected chi connectivity index (χ4v) is 3.45. The van der Waals surface area contributed by atoms with Gasteiger partial charge in [-0.1, -0.05) is 0 Å². The molecule has 0 unspecified atom stereocenters. The van der Waals surface area contributed by atoms with Crippen molar-refractivity contribution in [2.75, 3.05) is 10.6 Å². The molecule has 27 heavy (non-hydrogen) atoms. The summed E-state index contributed by atoms with van der Waals surface area (Å²) in [7, 11) is 0. The van der Waals surface area contributed by atoms with Crippen molar-refractivity contribution in [3.8, 4) is 0 Å². The van der Waals surface area contributed by atoms with Crippen LogP contribution < -0.4 is 16.0 Å². The lowest BCUT2D eigenvalue weighted by molar-refractivity contribution is -0.124. The number of anilines is 2. The molecule has 2 aromatic heterocycles. The number of aromatic nitrogens is 3. The van der Waals surface area contributed by atoms with Gasteiger partial charge >= 0.3 is 0 Å². The smallest absolute Gasteiger partial charge is 0.254 e. The lowest BCUT2D eigenvalue weighted by Gasteiger charge is -2.16. The molecule has 1 atom stereocenters. The Balaban J connectivity index is 1.54. The molecule has 2 aromatic rings. The zero-order valence-electron chi connectivity index (χ0n) is 15.2. The second-order valence-electron chi connectivity index (χ2n) is 7.77. The molecule has 3 N–H and O–H groups in total. The van der Waals surface area contributed by atoms with Gasteiger partial charge in [-0.2, -0.15) is 9.61 Å². The summed E-state index contributed by atoms with van der Waals surface area (Å²) in [5.41, 5.74) is 1.85. The van der Waals surface area contributed by atoms with Crippen molar-refractivity contribution in [1.29, 1.82) is 0 Å². The summed E-state index contributed by atoms with van der Waals surface area (Å²) in [6.45, 7) is 2.19. The van der Waals surface area contributed by atoms with E-state index >= 15 is 0 Å². The van der Waals surface area contributed by atoms with E-state index in [0.29, 0.717) is 29.2 Å². The summed E-state index contributed by atoms with van der Waals surface area (Å²) < 4.78 is 1.77. The van der Waals surface area contributed by atoms with Crippen molar-refractivity contribution in [3.05, 3.63) is 23.4 Å². The first kappa shape index (κ1) is 16.3. The molecule has 2 aliphatic carbocycles. The zero-order chi connectivity index (χ0) is 18.5. The minimum absolute atomic E-state index is 0.0972. The molecule has 0 spiro atoms. The molecule has 5 rings (SSSR count). The van der Waals surface area contributed by atoms with E-state index in [-0.39, 0.29) is 18.2 Å². The summed E-state index contributed by atoms with van der Waals surface area (Å²) in [5.74, 6) is 1.80. The first-order valence-electron chi connectivity index (χ1n) is 9.53. The van der Waals surface area contributed by atoms with Gasteiger partial charge in [-0.3, -0.25) is 14.9 Å². The minimum Gasteiger partial charge on any atom is -0.367 e. The van der Waals surface area contributed by atoms with E-state index in [1.807, 2.05) is 6.07 Å². The predicted octanol–water partition coefficient (Wildman–Crippen LogP) is 1.94. The Bertz CT molecular complexity index is 970. The molecule has 8 heteroatoms. The highest BCUT2D eigenvalue weighted by molar-refractivity contribution is 6.15. The number of hydrogen-bond acceptors (Lipinski definition) is 6. The maximum atomic E-state index is 11.9. The third-order valence-electron chi connectivity index (χ3n) is 5.36. The number of imide groups is 1. The van der Waals surface area contributed by atoms with Gasteiger partial charge < -0.3 is 10.6 Å². The molecule has 2 saturated carbocycles. The van der Waals surface area contributed by atoms with E-state index < -0.39 is 0 Å². The fraction of sp³-hybridized carbons (Fsp3) is 0.474. The second kappa shape index (κ2) is 6.07. The van der Waals surface area contributed by atoms with Crippen molar-refractivity contribution in [1.82, 2.24) is 19.9 Å². The van der Waals surface area contributed by atoms with Crippen molar-refractivity contribution in [2.45, 2.75) is 51.1 Å². The van der Waals surface area contributed by atoms with Crippen molar-refractivity contribution >= 4 is 35.2 Å². The van der Waals surface area contributed by atoms with E-state index in [1.165, 1.54) is 12.8 Å². The summed E-state index contributed by atoms with van der Waals surface area (Å²) in [6.07, 6.45) is 8.34. The Labute approximate surface area is 156 Å². The van der Waals surface area contributed by atoms with Crippen LogP contribution in [0.2, 0.25) is 0 Å². The van der Waals surface area contributed by atoms with Gasteiger partial charge in [0.05, 0.1) is 12.6 Å². The van der Waals surface area contributed by atoms with Crippen LogP contribution in [0.3, 0.4) is 0 Å². The Morgan fingerprint density at radius 2 is 2.11 bits per heavy atom. The highest BCUT2D eigenvalue weighted by atomic mass is 16.2. The molecule has 3 aliphatic rings. The maximum absolute atomic E-state index is 11.9. The Kier molecular flexibility index (Phi) is 3.66. The van der Waals surface area contributed by atoms with Crippen LogP contribution in [0, 0.1) is 5.92 Å². The predicted molar refractivity (Wildman–Crippen MR) is 101 cm³/mol. The van der Waals surface area contributed by atoms with Crippen LogP contribution in [0.5, 0.6) is 0 Å². The molecule has 1 saturated heterocycles. The first-order valence-corrected chi connectivity index (χ1v) is 9.53. The van der Waals surface area contributed by atoms with Gasteiger partial charge in [-0.25, -0.2) is 4.98 Å². The molecule has 0 bridgehead atoms. The zero-order valence-corrected chi connectivity index (χ0v) is 15.2. The molecule has 1 aliphatic heterocycles. The summed E-state index contributed by atoms with van der Waals surface area (Å²) in [5, 5.41) is 13.8. The Morgan fingerprint density at radius 1 is 1.30 bits per heavy atom. The number of nitrogens with zero attached hydrogens (tertiary/aromatic N) is 3. The van der Waals surface area contributed by atoms with Gasteiger partial charge in [0.15, 0.2) is 5.65 Å². The Morgan fingerprint density at radius 3 is 2.78 bits per heavy atom. The monoisotopic (exact) mass is 366 g/mol. The summed E-state index contributed by atoms with van der Waals surface area (Å²) in [4.78, 5) is 28.1. The van der Waals surface area contributed by atoms with E-state index in [0.717, 1.165) is 30.0 Å². The van der Waals surface area contributed by atoms with Gasteiger partial charge in [0.2, 0.25) is 5.91 Å². The SMILES string of the molecule is C[C@@H](Nc1cc(NC2CC2)n2ncc(/C=C3\CC(=O)NC3=O)c2n1)C1CC1. The topological polar surface area (TPSA) is 100 Å². The van der Waals surface area contributed by atoms with Crippen LogP contribution in [0.1, 0.15) is 44.6 Å². The minimum atomic E-state index is -0.340. The molecule has 0 aromatic carbocycles. The number of rotatable bonds is 6. The first-order chi connectivity index (χ1) is 13.1. The molecule has 3 heterocycles. The second-order valence-corrected chi connectivity index (χ2v) is 7.77. The average Bonchev–Trinajstić information content (AvgIpc) is 3.53. The van der Waals surface area contributed by atoms with Gasteiger partial charge in [0.1, 0.15) is 11.6 Å². The number of carbonyl (C=O) groups is 2. The van der Waals surface area contributed by atoms with Crippen LogP contribution in [-0.2, 0) is 9.59 Å². The highest BCUT2D eigenvalue weighted by Crippen LogP contribution is 2.34. The molecule has 3 fully saturated rings. The van der Waals surface area contributed by atoms with Gasteiger partial charge in [-0.15, -0.1) is 0 Å². The van der Waals surface area contributed by atoms with E-state index in [4.69, 9.17) is 4.98 Å². The molecular formula is C19H22N6O2. The molecule has 8 nitrogen and oxygen atoms in total.